The molecule has 0 bridgehead atoms. The molecular weight excluding hydrogens is 426 g/mol. The number of amides is 2. The lowest BCUT2D eigenvalue weighted by atomic mass is 10.1. The standard InChI is InChI=1S/C24H15N3O4S/c25-13-14-5-8-17(9-6-14)26-22(28)16-7-10-18(24(30)31)19(11-16)27-23(29)21-12-15-3-1-2-4-20(15)32-21/h1-12H,(H,26,28)(H,27,29)(H,30,31). The molecule has 2 amide bonds. The van der Waals surface area contributed by atoms with Crippen LogP contribution in [0.3, 0.4) is 0 Å². The van der Waals surface area contributed by atoms with Gasteiger partial charge in [0.25, 0.3) is 11.8 Å². The highest BCUT2D eigenvalue weighted by molar-refractivity contribution is 7.20. The van der Waals surface area contributed by atoms with Crippen molar-refractivity contribution in [1.29, 1.82) is 5.26 Å². The van der Waals surface area contributed by atoms with E-state index >= 15 is 0 Å². The number of carboxylic acid groups (broad SMARTS) is 1. The molecular formula is C24H15N3O4S. The smallest absolute Gasteiger partial charge is 0.337 e. The first-order valence-corrected chi connectivity index (χ1v) is 10.2. The van der Waals surface area contributed by atoms with Crippen LogP contribution in [0.1, 0.15) is 36.0 Å². The molecule has 1 heterocycles. The molecule has 0 aliphatic rings. The Morgan fingerprint density at radius 1 is 0.875 bits per heavy atom. The number of nitrogens with one attached hydrogen (secondary N) is 2. The molecule has 4 rings (SSSR count). The van der Waals surface area contributed by atoms with Crippen molar-refractivity contribution in [1.82, 2.24) is 0 Å². The molecule has 0 fully saturated rings. The average molecular weight is 441 g/mol. The average Bonchev–Trinajstić information content (AvgIpc) is 3.24. The maximum Gasteiger partial charge on any atom is 0.337 e. The second-order valence-electron chi connectivity index (χ2n) is 6.81. The summed E-state index contributed by atoms with van der Waals surface area (Å²) in [7, 11) is 0. The number of carboxylic acids is 1. The Hall–Kier alpha value is -4.48. The van der Waals surface area contributed by atoms with Crippen molar-refractivity contribution in [3.8, 4) is 6.07 Å². The molecule has 3 N–H and O–H groups in total. The number of nitrogens with zero attached hydrogens (tertiary/aromatic N) is 1. The highest BCUT2D eigenvalue weighted by Crippen LogP contribution is 2.27. The zero-order valence-electron chi connectivity index (χ0n) is 16.5. The summed E-state index contributed by atoms with van der Waals surface area (Å²) in [6.07, 6.45) is 0. The van der Waals surface area contributed by atoms with Gasteiger partial charge in [-0.05, 0) is 60.0 Å². The number of aromatic carboxylic acids is 1. The molecule has 0 aliphatic carbocycles. The predicted molar refractivity (Wildman–Crippen MR) is 122 cm³/mol. The highest BCUT2D eigenvalue weighted by Gasteiger charge is 2.18. The molecule has 0 saturated carbocycles. The lowest BCUT2D eigenvalue weighted by Gasteiger charge is -2.11. The second-order valence-corrected chi connectivity index (χ2v) is 7.90. The third-order valence-electron chi connectivity index (χ3n) is 4.68. The van der Waals surface area contributed by atoms with Gasteiger partial charge in [-0.2, -0.15) is 5.26 Å². The normalized spacial score (nSPS) is 10.3. The van der Waals surface area contributed by atoms with Gasteiger partial charge in [0.15, 0.2) is 0 Å². The van der Waals surface area contributed by atoms with Crippen LogP contribution < -0.4 is 10.6 Å². The molecule has 3 aromatic carbocycles. The molecule has 0 atom stereocenters. The maximum atomic E-state index is 12.8. The number of hydrogen-bond donors (Lipinski definition) is 3. The van der Waals surface area contributed by atoms with Crippen molar-refractivity contribution in [3.05, 3.63) is 94.4 Å². The van der Waals surface area contributed by atoms with E-state index in [1.165, 1.54) is 29.5 Å². The van der Waals surface area contributed by atoms with Gasteiger partial charge in [-0.15, -0.1) is 11.3 Å². The highest BCUT2D eigenvalue weighted by atomic mass is 32.1. The van der Waals surface area contributed by atoms with Gasteiger partial charge in [0.1, 0.15) is 0 Å². The lowest BCUT2D eigenvalue weighted by molar-refractivity contribution is 0.0697. The summed E-state index contributed by atoms with van der Waals surface area (Å²) in [5.41, 5.74) is 1.00. The predicted octanol–water partition coefficient (Wildman–Crippen LogP) is 4.98. The fourth-order valence-electron chi connectivity index (χ4n) is 3.08. The third-order valence-corrected chi connectivity index (χ3v) is 5.80. The Labute approximate surface area is 186 Å². The minimum absolute atomic E-state index is 0.0208. The maximum absolute atomic E-state index is 12.8. The first kappa shape index (κ1) is 20.8. The van der Waals surface area contributed by atoms with E-state index in [0.717, 1.165) is 10.1 Å². The zero-order chi connectivity index (χ0) is 22.7. The van der Waals surface area contributed by atoms with Crippen LogP contribution in [-0.4, -0.2) is 22.9 Å². The summed E-state index contributed by atoms with van der Waals surface area (Å²) in [5.74, 6) is -2.17. The summed E-state index contributed by atoms with van der Waals surface area (Å²) < 4.78 is 0.937. The van der Waals surface area contributed by atoms with Crippen LogP contribution in [0, 0.1) is 11.3 Å². The fourth-order valence-corrected chi connectivity index (χ4v) is 4.04. The van der Waals surface area contributed by atoms with E-state index in [0.29, 0.717) is 16.1 Å². The van der Waals surface area contributed by atoms with Gasteiger partial charge in [0.05, 0.1) is 27.8 Å². The van der Waals surface area contributed by atoms with Crippen molar-refractivity contribution in [2.45, 2.75) is 0 Å². The summed E-state index contributed by atoms with van der Waals surface area (Å²) in [6, 6.07) is 21.5. The van der Waals surface area contributed by atoms with Gasteiger partial charge >= 0.3 is 5.97 Å². The van der Waals surface area contributed by atoms with Gasteiger partial charge in [-0.3, -0.25) is 9.59 Å². The first-order valence-electron chi connectivity index (χ1n) is 9.43. The number of hydrogen-bond acceptors (Lipinski definition) is 5. The number of carbonyl (C=O) groups is 3. The zero-order valence-corrected chi connectivity index (χ0v) is 17.3. The van der Waals surface area contributed by atoms with Crippen LogP contribution >= 0.6 is 11.3 Å². The Bertz CT molecular complexity index is 1370. The minimum atomic E-state index is -1.23. The first-order chi connectivity index (χ1) is 15.4. The van der Waals surface area contributed by atoms with Crippen LogP contribution in [0.15, 0.2) is 72.8 Å². The summed E-state index contributed by atoms with van der Waals surface area (Å²) in [6.45, 7) is 0. The van der Waals surface area contributed by atoms with E-state index < -0.39 is 17.8 Å². The number of thiophene rings is 1. The Morgan fingerprint density at radius 3 is 2.31 bits per heavy atom. The van der Waals surface area contributed by atoms with E-state index in [1.807, 2.05) is 30.3 Å². The van der Waals surface area contributed by atoms with Crippen LogP contribution in [0.2, 0.25) is 0 Å². The lowest BCUT2D eigenvalue weighted by Crippen LogP contribution is -2.16. The van der Waals surface area contributed by atoms with Crippen LogP contribution in [0.4, 0.5) is 11.4 Å². The number of carbonyl (C=O) groups excluding carboxylic acids is 2. The van der Waals surface area contributed by atoms with E-state index in [-0.39, 0.29) is 16.8 Å². The fraction of sp³-hybridized carbons (Fsp3) is 0. The molecule has 32 heavy (non-hydrogen) atoms. The van der Waals surface area contributed by atoms with Gasteiger partial charge in [0.2, 0.25) is 0 Å². The number of benzene rings is 3. The molecule has 1 aromatic heterocycles. The largest absolute Gasteiger partial charge is 0.478 e. The number of nitriles is 1. The number of fused-ring (bicyclic) bond motifs is 1. The second kappa shape index (κ2) is 8.71. The van der Waals surface area contributed by atoms with Gasteiger partial charge < -0.3 is 15.7 Å². The van der Waals surface area contributed by atoms with E-state index in [1.54, 1.807) is 30.3 Å². The molecule has 0 spiro atoms. The Kier molecular flexibility index (Phi) is 5.66. The summed E-state index contributed by atoms with van der Waals surface area (Å²) in [5, 5.41) is 24.6. The SMILES string of the molecule is N#Cc1ccc(NC(=O)c2ccc(C(=O)O)c(NC(=O)c3cc4ccccc4s3)c2)cc1. The van der Waals surface area contributed by atoms with Crippen molar-refractivity contribution in [2.24, 2.45) is 0 Å². The molecule has 0 unspecified atom stereocenters. The van der Waals surface area contributed by atoms with E-state index in [9.17, 15) is 19.5 Å². The number of anilines is 2. The molecule has 4 aromatic rings. The van der Waals surface area contributed by atoms with Gasteiger partial charge in [-0.1, -0.05) is 18.2 Å². The van der Waals surface area contributed by atoms with Crippen molar-refractivity contribution in [2.75, 3.05) is 10.6 Å². The molecule has 0 radical (unpaired) electrons. The summed E-state index contributed by atoms with van der Waals surface area (Å²) >= 11 is 1.29. The topological polar surface area (TPSA) is 119 Å². The third kappa shape index (κ3) is 4.33. The summed E-state index contributed by atoms with van der Waals surface area (Å²) in [4.78, 5) is 37.5. The monoisotopic (exact) mass is 441 g/mol. The van der Waals surface area contributed by atoms with Crippen molar-refractivity contribution in [3.63, 3.8) is 0 Å². The molecule has 156 valence electrons. The van der Waals surface area contributed by atoms with Crippen molar-refractivity contribution < 1.29 is 19.5 Å². The van der Waals surface area contributed by atoms with Crippen LogP contribution in [0.5, 0.6) is 0 Å². The Morgan fingerprint density at radius 2 is 1.62 bits per heavy atom. The molecule has 8 heteroatoms. The van der Waals surface area contributed by atoms with E-state index in [4.69, 9.17) is 5.26 Å². The van der Waals surface area contributed by atoms with Gasteiger partial charge in [0, 0.05) is 16.0 Å². The Balaban J connectivity index is 1.59. The minimum Gasteiger partial charge on any atom is -0.478 e. The van der Waals surface area contributed by atoms with Gasteiger partial charge in [-0.25, -0.2) is 4.79 Å². The quantitative estimate of drug-likeness (QED) is 0.404. The molecule has 0 saturated heterocycles. The number of rotatable bonds is 5. The van der Waals surface area contributed by atoms with E-state index in [2.05, 4.69) is 10.6 Å². The molecule has 7 nitrogen and oxygen atoms in total. The van der Waals surface area contributed by atoms with Crippen molar-refractivity contribution >= 4 is 50.6 Å². The van der Waals surface area contributed by atoms with Crippen LogP contribution in [0.25, 0.3) is 10.1 Å². The molecule has 0 aliphatic heterocycles. The van der Waals surface area contributed by atoms with Crippen LogP contribution in [-0.2, 0) is 0 Å².